The molecule has 4 N–H and O–H groups in total. The minimum Gasteiger partial charge on any atom is -0.454 e. The summed E-state index contributed by atoms with van der Waals surface area (Å²) in [5, 5.41) is 17.7. The summed E-state index contributed by atoms with van der Waals surface area (Å²) in [6, 6.07) is 14.3. The van der Waals surface area contributed by atoms with Crippen molar-refractivity contribution in [1.29, 1.82) is 0 Å². The summed E-state index contributed by atoms with van der Waals surface area (Å²) in [4.78, 5) is 25.1. The molecule has 0 saturated heterocycles. The van der Waals surface area contributed by atoms with E-state index in [0.717, 1.165) is 5.56 Å². The van der Waals surface area contributed by atoms with E-state index in [4.69, 9.17) is 19.9 Å². The van der Waals surface area contributed by atoms with Gasteiger partial charge < -0.3 is 30.6 Å². The molecule has 12 nitrogen and oxygen atoms in total. The first-order valence-corrected chi connectivity index (χ1v) is 12.0. The van der Waals surface area contributed by atoms with Crippen LogP contribution in [0, 0.1) is 0 Å². The number of hydrogen-bond acceptors (Lipinski definition) is 9. The Morgan fingerprint density at radius 1 is 1.16 bits per heavy atom. The van der Waals surface area contributed by atoms with Gasteiger partial charge in [-0.15, -0.1) is 5.10 Å². The Labute approximate surface area is 214 Å². The van der Waals surface area contributed by atoms with Crippen molar-refractivity contribution in [2.24, 2.45) is 5.73 Å². The van der Waals surface area contributed by atoms with E-state index >= 15 is 0 Å². The van der Waals surface area contributed by atoms with E-state index in [-0.39, 0.29) is 31.6 Å². The fraction of sp³-hybridized carbons (Fsp3) is 0.400. The van der Waals surface area contributed by atoms with E-state index in [1.165, 1.54) is 0 Å². The van der Waals surface area contributed by atoms with Crippen LogP contribution in [0.15, 0.2) is 48.5 Å². The number of nitrogens with one attached hydrogen (secondary N) is 2. The van der Waals surface area contributed by atoms with Crippen molar-refractivity contribution in [3.63, 3.8) is 0 Å². The largest absolute Gasteiger partial charge is 0.454 e. The molecule has 1 aliphatic heterocycles. The zero-order valence-corrected chi connectivity index (χ0v) is 20.8. The van der Waals surface area contributed by atoms with E-state index in [1.54, 1.807) is 36.7 Å². The lowest BCUT2D eigenvalue weighted by atomic mass is 10.1. The molecule has 2 heterocycles. The van der Waals surface area contributed by atoms with Gasteiger partial charge in [0.05, 0.1) is 18.8 Å². The van der Waals surface area contributed by atoms with Gasteiger partial charge in [-0.3, -0.25) is 9.59 Å². The molecule has 1 aromatic heterocycles. The van der Waals surface area contributed by atoms with Crippen molar-refractivity contribution in [1.82, 2.24) is 25.5 Å². The summed E-state index contributed by atoms with van der Waals surface area (Å²) in [7, 11) is 0. The number of amides is 2. The van der Waals surface area contributed by atoms with Crippen molar-refractivity contribution < 1.29 is 23.8 Å². The van der Waals surface area contributed by atoms with Crippen LogP contribution in [0.5, 0.6) is 11.5 Å². The molecule has 3 aromatic rings. The molecule has 12 heteroatoms. The highest BCUT2D eigenvalue weighted by Crippen LogP contribution is 2.34. The monoisotopic (exact) mass is 509 g/mol. The summed E-state index contributed by atoms with van der Waals surface area (Å²) in [6.45, 7) is 4.27. The van der Waals surface area contributed by atoms with Crippen molar-refractivity contribution in [3.05, 3.63) is 59.9 Å². The Morgan fingerprint density at radius 2 is 1.95 bits per heavy atom. The molecule has 2 amide bonds. The van der Waals surface area contributed by atoms with Crippen molar-refractivity contribution in [2.75, 3.05) is 18.7 Å². The second kappa shape index (κ2) is 11.8. The topological polar surface area (TPSA) is 156 Å². The molecule has 0 fully saturated rings. The molecule has 2 aromatic carbocycles. The van der Waals surface area contributed by atoms with Crippen LogP contribution < -0.4 is 25.8 Å². The lowest BCUT2D eigenvalue weighted by molar-refractivity contribution is -0.126. The summed E-state index contributed by atoms with van der Waals surface area (Å²) < 4.78 is 18.1. The molecule has 0 unspecified atom stereocenters. The summed E-state index contributed by atoms with van der Waals surface area (Å²) in [6.07, 6.45) is 0.716. The Balaban J connectivity index is 1.34. The number of benzene rings is 2. The fourth-order valence-electron chi connectivity index (χ4n) is 3.60. The number of aryl methyl sites for hydroxylation is 1. The van der Waals surface area contributed by atoms with Gasteiger partial charge >= 0.3 is 0 Å². The first kappa shape index (κ1) is 26.0. The van der Waals surface area contributed by atoms with Crippen LogP contribution in [0.1, 0.15) is 44.1 Å². The Hall–Kier alpha value is -4.03. The minimum absolute atomic E-state index is 0.141. The maximum atomic E-state index is 12.6. The van der Waals surface area contributed by atoms with Gasteiger partial charge in [-0.2, -0.15) is 0 Å². The molecular formula is C25H31N7O5. The highest BCUT2D eigenvalue weighted by molar-refractivity contribution is 5.91. The minimum atomic E-state index is -1.09. The number of fused-ring (bicyclic) bond motifs is 1. The standard InChI is InChI=1S/C25H31N7O5/c1-25(2,26)24(34)28-19(15-35-14-17-7-4-3-5-8-17)23-29-30-31-32(23)12-6-9-22(33)27-18-10-11-20-21(13-18)37-16-36-20/h3-5,7-8,10-11,13,19H,6,9,12,14-16,26H2,1-2H3,(H,27,33)(H,28,34)/t19-/m1/s1. The molecule has 0 aliphatic carbocycles. The number of hydrogen-bond donors (Lipinski definition) is 3. The normalized spacial score (nSPS) is 13.3. The van der Waals surface area contributed by atoms with Gasteiger partial charge in [-0.1, -0.05) is 30.3 Å². The van der Waals surface area contributed by atoms with E-state index in [1.807, 2.05) is 30.3 Å². The van der Waals surface area contributed by atoms with Crippen molar-refractivity contribution in [2.45, 2.75) is 51.4 Å². The molecule has 1 atom stereocenters. The Kier molecular flexibility index (Phi) is 8.31. The maximum Gasteiger partial charge on any atom is 0.240 e. The third-order valence-corrected chi connectivity index (χ3v) is 5.59. The molecule has 0 radical (unpaired) electrons. The Morgan fingerprint density at radius 3 is 2.73 bits per heavy atom. The SMILES string of the molecule is CC(C)(N)C(=O)N[C@H](COCc1ccccc1)c1nnnn1CCCC(=O)Nc1ccc2c(c1)OCO2. The van der Waals surface area contributed by atoms with Gasteiger partial charge in [0.15, 0.2) is 17.3 Å². The number of carbonyl (C=O) groups is 2. The lowest BCUT2D eigenvalue weighted by Gasteiger charge is -2.23. The second-order valence-electron chi connectivity index (χ2n) is 9.23. The van der Waals surface area contributed by atoms with Gasteiger partial charge in [-0.25, -0.2) is 4.68 Å². The van der Waals surface area contributed by atoms with Gasteiger partial charge in [0.25, 0.3) is 0 Å². The van der Waals surface area contributed by atoms with E-state index < -0.39 is 11.6 Å². The van der Waals surface area contributed by atoms with Gasteiger partial charge in [0.2, 0.25) is 18.6 Å². The molecule has 0 bridgehead atoms. The van der Waals surface area contributed by atoms with E-state index in [2.05, 4.69) is 26.2 Å². The zero-order chi connectivity index (χ0) is 26.3. The first-order valence-electron chi connectivity index (χ1n) is 12.0. The van der Waals surface area contributed by atoms with Crippen LogP contribution in [0.2, 0.25) is 0 Å². The number of carbonyl (C=O) groups excluding carboxylic acids is 2. The number of tetrazole rings is 1. The molecule has 4 rings (SSSR count). The number of ether oxygens (including phenoxy) is 3. The zero-order valence-electron chi connectivity index (χ0n) is 20.8. The Bertz CT molecular complexity index is 1210. The van der Waals surface area contributed by atoms with Gasteiger partial charge in [0.1, 0.15) is 6.04 Å². The third kappa shape index (κ3) is 7.24. The van der Waals surface area contributed by atoms with Crippen molar-refractivity contribution >= 4 is 17.5 Å². The molecule has 0 saturated carbocycles. The number of nitrogens with two attached hydrogens (primary N) is 1. The van der Waals surface area contributed by atoms with Crippen molar-refractivity contribution in [3.8, 4) is 11.5 Å². The number of rotatable bonds is 12. The van der Waals surface area contributed by atoms with Crippen LogP contribution >= 0.6 is 0 Å². The molecular weight excluding hydrogens is 478 g/mol. The molecule has 0 spiro atoms. The third-order valence-electron chi connectivity index (χ3n) is 5.59. The van der Waals surface area contributed by atoms with Gasteiger partial charge in [-0.05, 0) is 48.4 Å². The van der Waals surface area contributed by atoms with Crippen LogP contribution in [-0.2, 0) is 27.5 Å². The van der Waals surface area contributed by atoms with E-state index in [0.29, 0.717) is 42.6 Å². The van der Waals surface area contributed by atoms with Crippen LogP contribution in [0.4, 0.5) is 5.69 Å². The quantitative estimate of drug-likeness (QED) is 0.332. The second-order valence-corrected chi connectivity index (χ2v) is 9.23. The average molecular weight is 510 g/mol. The highest BCUT2D eigenvalue weighted by atomic mass is 16.7. The lowest BCUT2D eigenvalue weighted by Crippen LogP contribution is -2.51. The smallest absolute Gasteiger partial charge is 0.240 e. The van der Waals surface area contributed by atoms with E-state index in [9.17, 15) is 9.59 Å². The van der Waals surface area contributed by atoms with Crippen LogP contribution in [-0.4, -0.2) is 51.0 Å². The van der Waals surface area contributed by atoms with Crippen LogP contribution in [0.3, 0.4) is 0 Å². The predicted molar refractivity (Wildman–Crippen MR) is 133 cm³/mol. The summed E-state index contributed by atoms with van der Waals surface area (Å²) in [5.41, 5.74) is 6.51. The first-order chi connectivity index (χ1) is 17.8. The molecule has 37 heavy (non-hydrogen) atoms. The average Bonchev–Trinajstić information content (AvgIpc) is 3.52. The number of aromatic nitrogens is 4. The molecule has 1 aliphatic rings. The van der Waals surface area contributed by atoms with Crippen LogP contribution in [0.25, 0.3) is 0 Å². The predicted octanol–water partition coefficient (Wildman–Crippen LogP) is 1.93. The molecule has 196 valence electrons. The maximum absolute atomic E-state index is 12.6. The summed E-state index contributed by atoms with van der Waals surface area (Å²) >= 11 is 0. The summed E-state index contributed by atoms with van der Waals surface area (Å²) in [5.74, 6) is 1.14. The number of anilines is 1. The number of nitrogens with zero attached hydrogens (tertiary/aromatic N) is 4. The van der Waals surface area contributed by atoms with Gasteiger partial charge in [0, 0.05) is 24.7 Å². The highest BCUT2D eigenvalue weighted by Gasteiger charge is 2.28. The fourth-order valence-corrected chi connectivity index (χ4v) is 3.60.